The quantitative estimate of drug-likeness (QED) is 0.835. The van der Waals surface area contributed by atoms with E-state index in [9.17, 15) is 14.4 Å². The number of piperidine rings is 1. The summed E-state index contributed by atoms with van der Waals surface area (Å²) in [5.41, 5.74) is -0.544. The second-order valence-electron chi connectivity index (χ2n) is 7.87. The predicted molar refractivity (Wildman–Crippen MR) is 94.0 cm³/mol. The molecule has 2 aliphatic rings. The Bertz CT molecular complexity index is 487. The van der Waals surface area contributed by atoms with E-state index in [1.54, 1.807) is 25.7 Å². The second kappa shape index (κ2) is 8.54. The van der Waals surface area contributed by atoms with Crippen LogP contribution in [0, 0.1) is 5.92 Å². The van der Waals surface area contributed by atoms with E-state index < -0.39 is 11.7 Å². The Hall–Kier alpha value is -1.79. The molecule has 0 spiro atoms. The number of ether oxygens (including phenoxy) is 1. The first-order chi connectivity index (χ1) is 11.8. The average Bonchev–Trinajstić information content (AvgIpc) is 3.07. The number of nitrogens with zero attached hydrogens (tertiary/aromatic N) is 2. The van der Waals surface area contributed by atoms with Crippen LogP contribution in [-0.2, 0) is 14.3 Å². The zero-order valence-corrected chi connectivity index (χ0v) is 15.7. The van der Waals surface area contributed by atoms with Crippen molar-refractivity contribution in [3.8, 4) is 0 Å². The van der Waals surface area contributed by atoms with Crippen LogP contribution >= 0.6 is 0 Å². The van der Waals surface area contributed by atoms with E-state index in [1.807, 2.05) is 4.90 Å². The molecule has 0 bridgehead atoms. The van der Waals surface area contributed by atoms with Gasteiger partial charge in [0.25, 0.3) is 0 Å². The maximum absolute atomic E-state index is 12.4. The van der Waals surface area contributed by atoms with E-state index in [0.717, 1.165) is 38.8 Å². The van der Waals surface area contributed by atoms with Crippen molar-refractivity contribution in [3.63, 3.8) is 0 Å². The van der Waals surface area contributed by atoms with Crippen LogP contribution in [0.3, 0.4) is 0 Å². The fourth-order valence-corrected chi connectivity index (χ4v) is 3.32. The molecule has 0 aliphatic carbocycles. The molecule has 0 radical (unpaired) electrons. The minimum atomic E-state index is -0.544. The molecule has 0 unspecified atom stereocenters. The molecule has 0 saturated carbocycles. The highest BCUT2D eigenvalue weighted by Gasteiger charge is 2.31. The molecule has 0 aromatic rings. The summed E-state index contributed by atoms with van der Waals surface area (Å²) in [6, 6.07) is 0. The van der Waals surface area contributed by atoms with Gasteiger partial charge in [-0.2, -0.15) is 0 Å². The number of hydrogen-bond donors (Lipinski definition) is 1. The first-order valence-electron chi connectivity index (χ1n) is 9.30. The Labute approximate surface area is 150 Å². The number of alkyl carbamates (subject to hydrolysis) is 1. The van der Waals surface area contributed by atoms with E-state index in [4.69, 9.17) is 4.74 Å². The van der Waals surface area contributed by atoms with Gasteiger partial charge < -0.3 is 19.9 Å². The lowest BCUT2D eigenvalue weighted by Crippen LogP contribution is -2.44. The topological polar surface area (TPSA) is 79.0 Å². The zero-order chi connectivity index (χ0) is 18.4. The van der Waals surface area contributed by atoms with Gasteiger partial charge in [-0.15, -0.1) is 0 Å². The molecule has 1 N–H and O–H groups in total. The van der Waals surface area contributed by atoms with Crippen LogP contribution < -0.4 is 5.32 Å². The third kappa shape index (κ3) is 6.21. The Kier molecular flexibility index (Phi) is 6.67. The van der Waals surface area contributed by atoms with Crippen LogP contribution in [0.4, 0.5) is 4.79 Å². The van der Waals surface area contributed by atoms with Crippen molar-refractivity contribution in [2.75, 3.05) is 32.7 Å². The van der Waals surface area contributed by atoms with E-state index in [1.165, 1.54) is 0 Å². The van der Waals surface area contributed by atoms with Gasteiger partial charge in [-0.25, -0.2) is 4.79 Å². The molecule has 142 valence electrons. The lowest BCUT2D eigenvalue weighted by Gasteiger charge is -2.33. The van der Waals surface area contributed by atoms with Gasteiger partial charge >= 0.3 is 6.09 Å². The summed E-state index contributed by atoms with van der Waals surface area (Å²) in [6.45, 7) is 8.66. The Balaban J connectivity index is 1.65. The van der Waals surface area contributed by atoms with E-state index in [0.29, 0.717) is 13.1 Å². The van der Waals surface area contributed by atoms with Crippen LogP contribution in [-0.4, -0.2) is 66.0 Å². The number of likely N-dealkylation sites (tertiary alicyclic amines) is 2. The smallest absolute Gasteiger partial charge is 0.407 e. The van der Waals surface area contributed by atoms with Crippen molar-refractivity contribution >= 4 is 17.9 Å². The van der Waals surface area contributed by atoms with Gasteiger partial charge in [0, 0.05) is 45.1 Å². The van der Waals surface area contributed by atoms with Crippen LogP contribution in [0.5, 0.6) is 0 Å². The molecule has 0 aromatic heterocycles. The molecule has 2 rings (SSSR count). The molecule has 2 aliphatic heterocycles. The molecular weight excluding hydrogens is 322 g/mol. The number of carbonyl (C=O) groups is 3. The zero-order valence-electron chi connectivity index (χ0n) is 15.7. The molecule has 2 heterocycles. The Morgan fingerprint density at radius 1 is 1.00 bits per heavy atom. The first kappa shape index (κ1) is 19.5. The lowest BCUT2D eigenvalue weighted by atomic mass is 9.95. The molecule has 7 nitrogen and oxygen atoms in total. The minimum Gasteiger partial charge on any atom is -0.444 e. The van der Waals surface area contributed by atoms with Crippen LogP contribution in [0.25, 0.3) is 0 Å². The van der Waals surface area contributed by atoms with Crippen LogP contribution in [0.2, 0.25) is 0 Å². The van der Waals surface area contributed by atoms with Gasteiger partial charge in [0.15, 0.2) is 0 Å². The highest BCUT2D eigenvalue weighted by Crippen LogP contribution is 2.22. The van der Waals surface area contributed by atoms with Crippen molar-refractivity contribution < 1.29 is 19.1 Å². The number of amides is 3. The van der Waals surface area contributed by atoms with E-state index >= 15 is 0 Å². The van der Waals surface area contributed by atoms with Gasteiger partial charge in [0.1, 0.15) is 5.60 Å². The molecule has 2 saturated heterocycles. The highest BCUT2D eigenvalue weighted by atomic mass is 16.6. The Morgan fingerprint density at radius 3 is 2.16 bits per heavy atom. The number of carbonyl (C=O) groups excluding carboxylic acids is 3. The molecule has 0 aromatic carbocycles. The SMILES string of the molecule is CC(C)(C)OC(=O)NCCC(=O)N1CCC(C(=O)N2CCCC2)CC1. The van der Waals surface area contributed by atoms with Crippen LogP contribution in [0.1, 0.15) is 52.9 Å². The van der Waals surface area contributed by atoms with Crippen molar-refractivity contribution in [1.29, 1.82) is 0 Å². The maximum Gasteiger partial charge on any atom is 0.407 e. The predicted octanol–water partition coefficient (Wildman–Crippen LogP) is 1.76. The first-order valence-corrected chi connectivity index (χ1v) is 9.30. The molecule has 3 amide bonds. The summed E-state index contributed by atoms with van der Waals surface area (Å²) in [6.07, 6.45) is 3.43. The van der Waals surface area contributed by atoms with Gasteiger partial charge in [-0.05, 0) is 46.5 Å². The minimum absolute atomic E-state index is 0.0168. The molecular formula is C18H31N3O4. The largest absolute Gasteiger partial charge is 0.444 e. The average molecular weight is 353 g/mol. The third-order valence-corrected chi connectivity index (χ3v) is 4.62. The summed E-state index contributed by atoms with van der Waals surface area (Å²) < 4.78 is 5.14. The monoisotopic (exact) mass is 353 g/mol. The van der Waals surface area contributed by atoms with Crippen LogP contribution in [0.15, 0.2) is 0 Å². The van der Waals surface area contributed by atoms with E-state index in [-0.39, 0.29) is 30.7 Å². The maximum atomic E-state index is 12.4. The molecule has 0 atom stereocenters. The third-order valence-electron chi connectivity index (χ3n) is 4.62. The summed E-state index contributed by atoms with van der Waals surface area (Å²) >= 11 is 0. The fraction of sp³-hybridized carbons (Fsp3) is 0.833. The molecule has 25 heavy (non-hydrogen) atoms. The van der Waals surface area contributed by atoms with Crippen molar-refractivity contribution in [2.24, 2.45) is 5.92 Å². The van der Waals surface area contributed by atoms with Crippen molar-refractivity contribution in [2.45, 2.75) is 58.5 Å². The normalized spacial score (nSPS) is 19.0. The van der Waals surface area contributed by atoms with Gasteiger partial charge in [-0.3, -0.25) is 9.59 Å². The molecule has 7 heteroatoms. The fourth-order valence-electron chi connectivity index (χ4n) is 3.32. The molecule has 2 fully saturated rings. The summed E-state index contributed by atoms with van der Waals surface area (Å²) in [5, 5.41) is 2.60. The van der Waals surface area contributed by atoms with Gasteiger partial charge in [0.2, 0.25) is 11.8 Å². The summed E-state index contributed by atoms with van der Waals surface area (Å²) in [5.74, 6) is 0.335. The van der Waals surface area contributed by atoms with Gasteiger partial charge in [-0.1, -0.05) is 0 Å². The number of hydrogen-bond acceptors (Lipinski definition) is 4. The van der Waals surface area contributed by atoms with Crippen molar-refractivity contribution in [3.05, 3.63) is 0 Å². The highest BCUT2D eigenvalue weighted by molar-refractivity contribution is 5.80. The standard InChI is InChI=1S/C18H31N3O4/c1-18(2,3)25-17(24)19-9-6-15(22)20-12-7-14(8-13-20)16(23)21-10-4-5-11-21/h14H,4-13H2,1-3H3,(H,19,24). The van der Waals surface area contributed by atoms with Gasteiger partial charge in [0.05, 0.1) is 0 Å². The number of nitrogens with one attached hydrogen (secondary N) is 1. The summed E-state index contributed by atoms with van der Waals surface area (Å²) in [7, 11) is 0. The Morgan fingerprint density at radius 2 is 1.60 bits per heavy atom. The second-order valence-corrected chi connectivity index (χ2v) is 7.87. The van der Waals surface area contributed by atoms with Crippen molar-refractivity contribution in [1.82, 2.24) is 15.1 Å². The summed E-state index contributed by atoms with van der Waals surface area (Å²) in [4.78, 5) is 40.0. The number of rotatable bonds is 4. The van der Waals surface area contributed by atoms with E-state index in [2.05, 4.69) is 5.32 Å². The lowest BCUT2D eigenvalue weighted by molar-refractivity contribution is -0.140.